The number of thiazole rings is 1. The number of rotatable bonds is 4. The van der Waals surface area contributed by atoms with Crippen molar-refractivity contribution < 1.29 is 4.79 Å². The first-order chi connectivity index (χ1) is 9.15. The van der Waals surface area contributed by atoms with Crippen molar-refractivity contribution in [2.24, 2.45) is 0 Å². The summed E-state index contributed by atoms with van der Waals surface area (Å²) in [4.78, 5) is 18.3. The van der Waals surface area contributed by atoms with E-state index in [2.05, 4.69) is 14.6 Å². The van der Waals surface area contributed by atoms with Crippen LogP contribution in [0.25, 0.3) is 4.96 Å². The minimum Gasteiger partial charge on any atom is -0.297 e. The number of carbonyl (C=O) groups is 1. The summed E-state index contributed by atoms with van der Waals surface area (Å²) in [5.74, 6) is 0.257. The molecule has 3 aromatic rings. The third-order valence-electron chi connectivity index (χ3n) is 2.80. The van der Waals surface area contributed by atoms with Crippen LogP contribution >= 0.6 is 22.9 Å². The van der Waals surface area contributed by atoms with Gasteiger partial charge in [0.25, 0.3) is 0 Å². The van der Waals surface area contributed by atoms with Gasteiger partial charge in [-0.05, 0) is 17.5 Å². The largest absolute Gasteiger partial charge is 0.297 e. The second-order valence-electron chi connectivity index (χ2n) is 4.57. The predicted molar refractivity (Wildman–Crippen MR) is 75.1 cm³/mol. The number of ketones is 1. The van der Waals surface area contributed by atoms with Crippen LogP contribution in [0, 0.1) is 0 Å². The van der Waals surface area contributed by atoms with Crippen LogP contribution in [-0.4, -0.2) is 24.8 Å². The number of Topliss-reactive ketones (excluding diaryl/α,β-unsaturated/α-hetero) is 1. The molecule has 0 spiro atoms. The van der Waals surface area contributed by atoms with Crippen molar-refractivity contribution in [3.8, 4) is 0 Å². The molecule has 0 amide bonds. The third-order valence-corrected chi connectivity index (χ3v) is 4.35. The van der Waals surface area contributed by atoms with Gasteiger partial charge in [-0.25, -0.2) is 4.98 Å². The van der Waals surface area contributed by atoms with Crippen molar-refractivity contribution in [2.75, 3.05) is 0 Å². The summed E-state index contributed by atoms with van der Waals surface area (Å²) in [6, 6.07) is 0. The summed E-state index contributed by atoms with van der Waals surface area (Å²) >= 11 is 2.73. The number of aromatic nitrogens is 4. The molecule has 0 fully saturated rings. The molecule has 7 heteroatoms. The van der Waals surface area contributed by atoms with Gasteiger partial charge in [0.05, 0.1) is 17.8 Å². The molecule has 0 saturated heterocycles. The molecule has 0 aliphatic carbocycles. The van der Waals surface area contributed by atoms with Crippen LogP contribution in [0.4, 0.5) is 0 Å². The van der Waals surface area contributed by atoms with Gasteiger partial charge in [-0.1, -0.05) is 18.3 Å². The fraction of sp³-hybridized carbons (Fsp3) is 0.333. The summed E-state index contributed by atoms with van der Waals surface area (Å²) in [5, 5.41) is 6.01. The van der Waals surface area contributed by atoms with Gasteiger partial charge in [0, 0.05) is 17.8 Å². The number of imidazole rings is 1. The summed E-state index contributed by atoms with van der Waals surface area (Å²) in [7, 11) is 0. The molecule has 0 aromatic carbocycles. The van der Waals surface area contributed by atoms with Gasteiger partial charge in [0.1, 0.15) is 4.88 Å². The number of fused-ring (bicyclic) bond motifs is 1. The third kappa shape index (κ3) is 2.31. The van der Waals surface area contributed by atoms with E-state index in [1.54, 1.807) is 11.3 Å². The van der Waals surface area contributed by atoms with Crippen molar-refractivity contribution in [1.29, 1.82) is 0 Å². The van der Waals surface area contributed by atoms with E-state index in [4.69, 9.17) is 0 Å². The molecule has 3 heterocycles. The molecule has 5 nitrogen and oxygen atoms in total. The summed E-state index contributed by atoms with van der Waals surface area (Å²) in [6.45, 7) is 4.03. The van der Waals surface area contributed by atoms with Crippen LogP contribution in [-0.2, 0) is 6.42 Å². The van der Waals surface area contributed by atoms with E-state index in [9.17, 15) is 4.79 Å². The Morgan fingerprint density at radius 2 is 2.32 bits per heavy atom. The lowest BCUT2D eigenvalue weighted by Gasteiger charge is -2.01. The Labute approximate surface area is 118 Å². The number of hydrogen-bond acceptors (Lipinski definition) is 6. The highest BCUT2D eigenvalue weighted by atomic mass is 32.1. The normalized spacial score (nSPS) is 11.5. The van der Waals surface area contributed by atoms with E-state index >= 15 is 0 Å². The predicted octanol–water partition coefficient (Wildman–Crippen LogP) is 2.80. The first-order valence-corrected chi connectivity index (χ1v) is 7.57. The Balaban J connectivity index is 1.84. The van der Waals surface area contributed by atoms with E-state index in [0.29, 0.717) is 11.3 Å². The minimum atomic E-state index is 0.0458. The summed E-state index contributed by atoms with van der Waals surface area (Å²) in [5.41, 5.74) is 1.58. The van der Waals surface area contributed by atoms with E-state index in [1.807, 2.05) is 36.0 Å². The smallest absolute Gasteiger partial charge is 0.193 e. The zero-order valence-electron chi connectivity index (χ0n) is 10.5. The van der Waals surface area contributed by atoms with Crippen LogP contribution in [0.1, 0.15) is 40.8 Å². The molecular weight excluding hydrogens is 280 g/mol. The summed E-state index contributed by atoms with van der Waals surface area (Å²) in [6.07, 6.45) is 4.14. The molecule has 0 saturated carbocycles. The van der Waals surface area contributed by atoms with Gasteiger partial charge in [0.15, 0.2) is 10.7 Å². The fourth-order valence-electron chi connectivity index (χ4n) is 1.87. The topological polar surface area (TPSA) is 60.2 Å². The average molecular weight is 292 g/mol. The SMILES string of the molecule is CC(C)c1nnsc1C(=O)Cc1cn2ccsc2n1. The van der Waals surface area contributed by atoms with E-state index in [1.165, 1.54) is 11.5 Å². The molecule has 0 aliphatic rings. The number of nitrogens with zero attached hydrogens (tertiary/aromatic N) is 4. The Hall–Kier alpha value is -1.60. The lowest BCUT2D eigenvalue weighted by molar-refractivity contribution is 0.0994. The van der Waals surface area contributed by atoms with Gasteiger partial charge in [-0.3, -0.25) is 9.20 Å². The Morgan fingerprint density at radius 1 is 1.47 bits per heavy atom. The molecule has 3 aromatic heterocycles. The lowest BCUT2D eigenvalue weighted by atomic mass is 10.1. The molecule has 19 heavy (non-hydrogen) atoms. The molecule has 0 atom stereocenters. The maximum Gasteiger partial charge on any atom is 0.193 e. The second kappa shape index (κ2) is 4.82. The zero-order valence-corrected chi connectivity index (χ0v) is 12.2. The quantitative estimate of drug-likeness (QED) is 0.694. The van der Waals surface area contributed by atoms with Gasteiger partial charge in [0.2, 0.25) is 0 Å². The number of carbonyl (C=O) groups excluding carboxylic acids is 1. The van der Waals surface area contributed by atoms with Crippen molar-refractivity contribution in [3.63, 3.8) is 0 Å². The molecule has 0 N–H and O–H groups in total. The highest BCUT2D eigenvalue weighted by Crippen LogP contribution is 2.22. The number of hydrogen-bond donors (Lipinski definition) is 0. The van der Waals surface area contributed by atoms with Crippen molar-refractivity contribution in [2.45, 2.75) is 26.2 Å². The first-order valence-electron chi connectivity index (χ1n) is 5.91. The van der Waals surface area contributed by atoms with Crippen LogP contribution in [0.3, 0.4) is 0 Å². The fourth-order valence-corrected chi connectivity index (χ4v) is 3.35. The van der Waals surface area contributed by atoms with E-state index in [-0.39, 0.29) is 11.7 Å². The second-order valence-corrected chi connectivity index (χ2v) is 6.19. The molecule has 98 valence electrons. The first kappa shape index (κ1) is 12.4. The van der Waals surface area contributed by atoms with Gasteiger partial charge in [-0.15, -0.1) is 16.4 Å². The molecule has 3 rings (SSSR count). The van der Waals surface area contributed by atoms with Crippen molar-refractivity contribution >= 4 is 33.6 Å². The van der Waals surface area contributed by atoms with Gasteiger partial charge in [-0.2, -0.15) is 0 Å². The van der Waals surface area contributed by atoms with Crippen LogP contribution in [0.2, 0.25) is 0 Å². The average Bonchev–Trinajstić information content (AvgIpc) is 3.01. The van der Waals surface area contributed by atoms with E-state index in [0.717, 1.165) is 16.3 Å². The molecule has 0 radical (unpaired) electrons. The molecule has 0 unspecified atom stereocenters. The Kier molecular flexibility index (Phi) is 3.16. The van der Waals surface area contributed by atoms with Gasteiger partial charge < -0.3 is 0 Å². The highest BCUT2D eigenvalue weighted by molar-refractivity contribution is 7.15. The molecular formula is C12H12N4OS2. The summed E-state index contributed by atoms with van der Waals surface area (Å²) < 4.78 is 5.82. The highest BCUT2D eigenvalue weighted by Gasteiger charge is 2.19. The van der Waals surface area contributed by atoms with Crippen LogP contribution < -0.4 is 0 Å². The van der Waals surface area contributed by atoms with Crippen molar-refractivity contribution in [3.05, 3.63) is 34.0 Å². The molecule has 0 bridgehead atoms. The maximum atomic E-state index is 12.3. The molecule has 0 aliphatic heterocycles. The van der Waals surface area contributed by atoms with E-state index < -0.39 is 0 Å². The lowest BCUT2D eigenvalue weighted by Crippen LogP contribution is -2.06. The zero-order chi connectivity index (χ0) is 13.4. The minimum absolute atomic E-state index is 0.0458. The van der Waals surface area contributed by atoms with Crippen molar-refractivity contribution in [1.82, 2.24) is 19.0 Å². The maximum absolute atomic E-state index is 12.3. The Morgan fingerprint density at radius 3 is 3.05 bits per heavy atom. The standard InChI is InChI=1S/C12H12N4OS2/c1-7(2)10-11(19-15-14-10)9(17)5-8-6-16-3-4-18-12(16)13-8/h3-4,6-7H,5H2,1-2H3. The monoisotopic (exact) mass is 292 g/mol. The van der Waals surface area contributed by atoms with Crippen LogP contribution in [0.5, 0.6) is 0 Å². The van der Waals surface area contributed by atoms with Gasteiger partial charge >= 0.3 is 0 Å². The Bertz CT molecular complexity index is 696. The van der Waals surface area contributed by atoms with Crippen LogP contribution in [0.15, 0.2) is 17.8 Å².